The number of aromatic nitrogens is 1. The third kappa shape index (κ3) is 4.46. The minimum atomic E-state index is -1.22. The van der Waals surface area contributed by atoms with Crippen LogP contribution >= 0.6 is 11.6 Å². The summed E-state index contributed by atoms with van der Waals surface area (Å²) in [5, 5.41) is 15.4. The van der Waals surface area contributed by atoms with E-state index in [-0.39, 0.29) is 5.76 Å². The maximum absolute atomic E-state index is 11.8. The van der Waals surface area contributed by atoms with Crippen molar-refractivity contribution in [2.75, 3.05) is 5.32 Å². The highest BCUT2D eigenvalue weighted by Gasteiger charge is 2.18. The predicted molar refractivity (Wildman–Crippen MR) is 83.8 cm³/mol. The molecule has 0 atom stereocenters. The highest BCUT2D eigenvalue weighted by atomic mass is 35.5. The molecule has 122 valence electrons. The van der Waals surface area contributed by atoms with Crippen molar-refractivity contribution in [1.29, 1.82) is 0 Å². The summed E-state index contributed by atoms with van der Waals surface area (Å²) in [5.41, 5.74) is 0.526. The number of carbonyl (C=O) groups is 2. The lowest BCUT2D eigenvalue weighted by atomic mass is 10.1. The molecule has 0 saturated carbocycles. The highest BCUT2D eigenvalue weighted by molar-refractivity contribution is 6.33. The number of carboxylic acids is 1. The van der Waals surface area contributed by atoms with E-state index in [0.717, 1.165) is 0 Å². The number of aromatic carboxylic acids is 1. The number of rotatable bonds is 3. The lowest BCUT2D eigenvalue weighted by molar-refractivity contribution is 0.0630. The van der Waals surface area contributed by atoms with Gasteiger partial charge in [0.25, 0.3) is 0 Å². The topological polar surface area (TPSA) is 102 Å². The first-order chi connectivity index (χ1) is 10.7. The number of amides is 1. The molecule has 0 aliphatic heterocycles. The Hall–Kier alpha value is -2.54. The van der Waals surface area contributed by atoms with E-state index >= 15 is 0 Å². The van der Waals surface area contributed by atoms with Crippen molar-refractivity contribution >= 4 is 29.4 Å². The monoisotopic (exact) mass is 338 g/mol. The molecule has 0 unspecified atom stereocenters. The third-order valence-corrected chi connectivity index (χ3v) is 2.95. The maximum Gasteiger partial charge on any atom is 0.412 e. The van der Waals surface area contributed by atoms with Crippen LogP contribution in [0.3, 0.4) is 0 Å². The second kappa shape index (κ2) is 6.29. The van der Waals surface area contributed by atoms with Gasteiger partial charge in [-0.3, -0.25) is 5.32 Å². The number of carbonyl (C=O) groups excluding carboxylic acids is 1. The molecular formula is C15H15ClN2O5. The number of anilines is 1. The molecule has 2 aromatic rings. The zero-order valence-electron chi connectivity index (χ0n) is 12.7. The molecule has 1 aromatic carbocycles. The van der Waals surface area contributed by atoms with Crippen LogP contribution in [0.5, 0.6) is 0 Å². The molecular weight excluding hydrogens is 324 g/mol. The fraction of sp³-hybridized carbons (Fsp3) is 0.267. The van der Waals surface area contributed by atoms with Crippen LogP contribution in [0.15, 0.2) is 28.8 Å². The molecule has 0 saturated heterocycles. The molecule has 0 aliphatic carbocycles. The van der Waals surface area contributed by atoms with Crippen molar-refractivity contribution in [3.63, 3.8) is 0 Å². The molecule has 0 spiro atoms. The van der Waals surface area contributed by atoms with Gasteiger partial charge in [0, 0.05) is 11.6 Å². The first-order valence-corrected chi connectivity index (χ1v) is 7.03. The minimum absolute atomic E-state index is 0.281. The summed E-state index contributed by atoms with van der Waals surface area (Å²) < 4.78 is 9.86. The molecule has 8 heteroatoms. The molecule has 1 heterocycles. The Morgan fingerprint density at radius 1 is 1.30 bits per heavy atom. The van der Waals surface area contributed by atoms with Crippen LogP contribution < -0.4 is 5.32 Å². The molecule has 23 heavy (non-hydrogen) atoms. The van der Waals surface area contributed by atoms with Gasteiger partial charge in [-0.25, -0.2) is 9.59 Å². The van der Waals surface area contributed by atoms with Crippen LogP contribution in [0, 0.1) is 0 Å². The van der Waals surface area contributed by atoms with Gasteiger partial charge in [-0.2, -0.15) is 0 Å². The fourth-order valence-corrected chi connectivity index (χ4v) is 1.87. The SMILES string of the molecule is CC(C)(C)OC(=O)Nc1cc(-c2cc(C(=O)O)on2)ccc1Cl. The molecule has 2 rings (SSSR count). The van der Waals surface area contributed by atoms with Crippen molar-refractivity contribution in [1.82, 2.24) is 5.16 Å². The summed E-state index contributed by atoms with van der Waals surface area (Å²) >= 11 is 6.05. The lowest BCUT2D eigenvalue weighted by Gasteiger charge is -2.20. The Kier molecular flexibility index (Phi) is 4.60. The fourth-order valence-electron chi connectivity index (χ4n) is 1.71. The van der Waals surface area contributed by atoms with E-state index in [9.17, 15) is 9.59 Å². The Morgan fingerprint density at radius 2 is 2.00 bits per heavy atom. The van der Waals surface area contributed by atoms with Gasteiger partial charge in [0.2, 0.25) is 5.76 Å². The van der Waals surface area contributed by atoms with Crippen molar-refractivity contribution in [3.05, 3.63) is 35.0 Å². The number of benzene rings is 1. The molecule has 0 fully saturated rings. The smallest absolute Gasteiger partial charge is 0.412 e. The van der Waals surface area contributed by atoms with Crippen LogP contribution in [0.2, 0.25) is 5.02 Å². The molecule has 1 aromatic heterocycles. The van der Waals surface area contributed by atoms with Crippen molar-refractivity contribution in [2.24, 2.45) is 0 Å². The van der Waals surface area contributed by atoms with E-state index in [4.69, 9.17) is 26.0 Å². The third-order valence-electron chi connectivity index (χ3n) is 2.62. The van der Waals surface area contributed by atoms with Crippen LogP contribution in [-0.4, -0.2) is 27.9 Å². The Labute approximate surface area is 137 Å². The van der Waals surface area contributed by atoms with Gasteiger partial charge in [-0.15, -0.1) is 0 Å². The summed E-state index contributed by atoms with van der Waals surface area (Å²) in [6.07, 6.45) is -0.650. The second-order valence-corrected chi connectivity index (χ2v) is 6.11. The summed E-state index contributed by atoms with van der Waals surface area (Å²) in [5.74, 6) is -1.50. The van der Waals surface area contributed by atoms with Gasteiger partial charge in [0.05, 0.1) is 10.7 Å². The Balaban J connectivity index is 2.24. The largest absolute Gasteiger partial charge is 0.475 e. The highest BCUT2D eigenvalue weighted by Crippen LogP contribution is 2.29. The van der Waals surface area contributed by atoms with Crippen molar-refractivity contribution in [3.8, 4) is 11.3 Å². The van der Waals surface area contributed by atoms with E-state index in [1.165, 1.54) is 6.07 Å². The van der Waals surface area contributed by atoms with E-state index in [1.54, 1.807) is 39.0 Å². The summed E-state index contributed by atoms with van der Waals surface area (Å²) in [7, 11) is 0. The number of ether oxygens (including phenoxy) is 1. The van der Waals surface area contributed by atoms with E-state index in [1.807, 2.05) is 0 Å². The van der Waals surface area contributed by atoms with Crippen LogP contribution in [0.25, 0.3) is 11.3 Å². The average Bonchev–Trinajstić information content (AvgIpc) is 2.89. The van der Waals surface area contributed by atoms with E-state index in [2.05, 4.69) is 10.5 Å². The number of hydrogen-bond donors (Lipinski definition) is 2. The number of hydrogen-bond acceptors (Lipinski definition) is 5. The number of nitrogens with zero attached hydrogens (tertiary/aromatic N) is 1. The molecule has 0 aliphatic rings. The van der Waals surface area contributed by atoms with Crippen LogP contribution in [-0.2, 0) is 4.74 Å². The zero-order valence-corrected chi connectivity index (χ0v) is 13.5. The van der Waals surface area contributed by atoms with Gasteiger partial charge in [-0.05, 0) is 32.9 Å². The predicted octanol–water partition coefficient (Wildman–Crippen LogP) is 4.04. The average molecular weight is 339 g/mol. The Morgan fingerprint density at radius 3 is 2.57 bits per heavy atom. The van der Waals surface area contributed by atoms with E-state index in [0.29, 0.717) is 22.0 Å². The van der Waals surface area contributed by atoms with Gasteiger partial charge < -0.3 is 14.4 Å². The summed E-state index contributed by atoms with van der Waals surface area (Å²) in [4.78, 5) is 22.6. The maximum atomic E-state index is 11.8. The van der Waals surface area contributed by atoms with Gasteiger partial charge in [0.1, 0.15) is 11.3 Å². The lowest BCUT2D eigenvalue weighted by Crippen LogP contribution is -2.27. The van der Waals surface area contributed by atoms with Crippen molar-refractivity contribution in [2.45, 2.75) is 26.4 Å². The quantitative estimate of drug-likeness (QED) is 0.875. The molecule has 0 bridgehead atoms. The first kappa shape index (κ1) is 16.8. The Bertz CT molecular complexity index is 749. The molecule has 0 radical (unpaired) electrons. The summed E-state index contributed by atoms with van der Waals surface area (Å²) in [6, 6.07) is 6.02. The molecule has 1 amide bonds. The molecule has 7 nitrogen and oxygen atoms in total. The second-order valence-electron chi connectivity index (χ2n) is 5.70. The standard InChI is InChI=1S/C15H15ClN2O5/c1-15(2,3)22-14(21)17-11-6-8(4-5-9(11)16)10-7-12(13(19)20)23-18-10/h4-7H,1-3H3,(H,17,21)(H,19,20). The summed E-state index contributed by atoms with van der Waals surface area (Å²) in [6.45, 7) is 5.23. The minimum Gasteiger partial charge on any atom is -0.475 e. The van der Waals surface area contributed by atoms with E-state index < -0.39 is 17.7 Å². The van der Waals surface area contributed by atoms with Gasteiger partial charge >= 0.3 is 12.1 Å². The van der Waals surface area contributed by atoms with Gasteiger partial charge in [0.15, 0.2) is 0 Å². The van der Waals surface area contributed by atoms with Crippen molar-refractivity contribution < 1.29 is 24.0 Å². The van der Waals surface area contributed by atoms with Gasteiger partial charge in [-0.1, -0.05) is 22.8 Å². The first-order valence-electron chi connectivity index (χ1n) is 6.65. The zero-order chi connectivity index (χ0) is 17.2. The normalized spacial score (nSPS) is 11.1. The number of carboxylic acid groups (broad SMARTS) is 1. The number of nitrogens with one attached hydrogen (secondary N) is 1. The molecule has 2 N–H and O–H groups in total. The van der Waals surface area contributed by atoms with Crippen LogP contribution in [0.4, 0.5) is 10.5 Å². The van der Waals surface area contributed by atoms with Crippen LogP contribution in [0.1, 0.15) is 31.3 Å². The number of halogens is 1.